The lowest BCUT2D eigenvalue weighted by Crippen LogP contribution is -2.01. The van der Waals surface area contributed by atoms with Gasteiger partial charge in [0.25, 0.3) is 0 Å². The molecule has 0 amide bonds. The lowest BCUT2D eigenvalue weighted by Gasteiger charge is -2.13. The van der Waals surface area contributed by atoms with Gasteiger partial charge in [0.1, 0.15) is 6.61 Å². The Kier molecular flexibility index (Phi) is 6.37. The minimum atomic E-state index is 0.447. The number of aromatic nitrogens is 1. The molecular formula is C24H21N3O2S. The van der Waals surface area contributed by atoms with Gasteiger partial charge >= 0.3 is 0 Å². The highest BCUT2D eigenvalue weighted by Crippen LogP contribution is 2.31. The lowest BCUT2D eigenvalue weighted by atomic mass is 10.2. The molecule has 0 saturated heterocycles. The van der Waals surface area contributed by atoms with Gasteiger partial charge in [-0.1, -0.05) is 66.7 Å². The number of hydrogen-bond acceptors (Lipinski definition) is 6. The van der Waals surface area contributed by atoms with E-state index in [0.29, 0.717) is 18.1 Å². The van der Waals surface area contributed by atoms with Crippen LogP contribution in [0.2, 0.25) is 0 Å². The van der Waals surface area contributed by atoms with E-state index in [2.05, 4.69) is 15.5 Å². The molecule has 0 spiro atoms. The number of methoxy groups -OCH3 is 1. The van der Waals surface area contributed by atoms with Crippen LogP contribution in [-0.2, 0) is 6.61 Å². The van der Waals surface area contributed by atoms with Gasteiger partial charge in [-0.05, 0) is 17.7 Å². The van der Waals surface area contributed by atoms with Crippen LogP contribution in [0.1, 0.15) is 11.1 Å². The normalized spacial score (nSPS) is 10.8. The van der Waals surface area contributed by atoms with Crippen molar-refractivity contribution < 1.29 is 9.47 Å². The Balaban J connectivity index is 1.47. The molecule has 1 heterocycles. The Morgan fingerprint density at radius 3 is 2.50 bits per heavy atom. The first-order chi connectivity index (χ1) is 14.8. The van der Waals surface area contributed by atoms with Crippen LogP contribution in [0.3, 0.4) is 0 Å². The van der Waals surface area contributed by atoms with E-state index in [1.165, 1.54) is 11.3 Å². The summed E-state index contributed by atoms with van der Waals surface area (Å²) in [7, 11) is 1.63. The number of hydrazone groups is 1. The molecule has 0 saturated carbocycles. The van der Waals surface area contributed by atoms with Crippen molar-refractivity contribution in [2.75, 3.05) is 12.5 Å². The van der Waals surface area contributed by atoms with Crippen molar-refractivity contribution in [2.24, 2.45) is 5.10 Å². The van der Waals surface area contributed by atoms with Crippen LogP contribution >= 0.6 is 11.3 Å². The number of nitrogens with one attached hydrogen (secondary N) is 1. The highest BCUT2D eigenvalue weighted by Gasteiger charge is 2.10. The van der Waals surface area contributed by atoms with Gasteiger partial charge in [-0.3, -0.25) is 5.43 Å². The zero-order valence-electron chi connectivity index (χ0n) is 16.5. The van der Waals surface area contributed by atoms with E-state index in [4.69, 9.17) is 9.47 Å². The van der Waals surface area contributed by atoms with Crippen LogP contribution in [0.25, 0.3) is 11.3 Å². The average molecular weight is 416 g/mol. The van der Waals surface area contributed by atoms with Crippen molar-refractivity contribution in [2.45, 2.75) is 6.61 Å². The van der Waals surface area contributed by atoms with E-state index in [1.54, 1.807) is 13.3 Å². The second-order valence-electron chi connectivity index (χ2n) is 6.43. The quantitative estimate of drug-likeness (QED) is 0.290. The third kappa shape index (κ3) is 4.85. The summed E-state index contributed by atoms with van der Waals surface area (Å²) in [5.41, 5.74) is 6.91. The first kappa shape index (κ1) is 19.7. The molecule has 1 N–H and O–H groups in total. The maximum Gasteiger partial charge on any atom is 0.203 e. The molecule has 4 rings (SSSR count). The molecule has 0 atom stereocenters. The van der Waals surface area contributed by atoms with Crippen LogP contribution in [0.4, 0.5) is 5.13 Å². The lowest BCUT2D eigenvalue weighted by molar-refractivity contribution is 0.284. The molecule has 0 radical (unpaired) electrons. The van der Waals surface area contributed by atoms with Crippen LogP contribution in [0.15, 0.2) is 89.3 Å². The second kappa shape index (κ2) is 9.71. The molecule has 0 aliphatic carbocycles. The third-order valence-electron chi connectivity index (χ3n) is 4.39. The Morgan fingerprint density at radius 1 is 0.967 bits per heavy atom. The SMILES string of the molecule is COc1cccc(/C=N\Nc2nc(-c3ccccc3)cs2)c1OCc1ccccc1. The monoisotopic (exact) mass is 415 g/mol. The number of ether oxygens (including phenoxy) is 2. The fraction of sp³-hybridized carbons (Fsp3) is 0.0833. The third-order valence-corrected chi connectivity index (χ3v) is 5.14. The summed E-state index contributed by atoms with van der Waals surface area (Å²) >= 11 is 1.51. The molecular weight excluding hydrogens is 394 g/mol. The highest BCUT2D eigenvalue weighted by atomic mass is 32.1. The predicted molar refractivity (Wildman–Crippen MR) is 123 cm³/mol. The van der Waals surface area contributed by atoms with Gasteiger partial charge in [0.05, 0.1) is 19.0 Å². The van der Waals surface area contributed by atoms with Crippen molar-refractivity contribution in [1.29, 1.82) is 0 Å². The van der Waals surface area contributed by atoms with E-state index in [1.807, 2.05) is 84.2 Å². The number of para-hydroxylation sites is 1. The summed E-state index contributed by atoms with van der Waals surface area (Å²) in [5, 5.41) is 7.08. The van der Waals surface area contributed by atoms with Crippen molar-refractivity contribution in [3.63, 3.8) is 0 Å². The van der Waals surface area contributed by atoms with Crippen molar-refractivity contribution in [3.8, 4) is 22.8 Å². The van der Waals surface area contributed by atoms with Crippen molar-refractivity contribution in [1.82, 2.24) is 4.98 Å². The van der Waals surface area contributed by atoms with Crippen molar-refractivity contribution >= 4 is 22.7 Å². The molecule has 0 bridgehead atoms. The van der Waals surface area contributed by atoms with Gasteiger partial charge in [-0.25, -0.2) is 4.98 Å². The zero-order valence-corrected chi connectivity index (χ0v) is 17.3. The van der Waals surface area contributed by atoms with Gasteiger partial charge < -0.3 is 9.47 Å². The maximum atomic E-state index is 6.05. The van der Waals surface area contributed by atoms with Crippen molar-refractivity contribution in [3.05, 3.63) is 95.4 Å². The predicted octanol–water partition coefficient (Wildman–Crippen LogP) is 5.84. The van der Waals surface area contributed by atoms with Crippen LogP contribution in [0, 0.1) is 0 Å². The fourth-order valence-electron chi connectivity index (χ4n) is 2.90. The first-order valence-electron chi connectivity index (χ1n) is 9.47. The van der Waals surface area contributed by atoms with E-state index in [0.717, 1.165) is 27.5 Å². The molecule has 4 aromatic rings. The fourth-order valence-corrected chi connectivity index (χ4v) is 3.57. The van der Waals surface area contributed by atoms with E-state index in [9.17, 15) is 0 Å². The summed E-state index contributed by atoms with van der Waals surface area (Å²) in [5.74, 6) is 1.31. The number of rotatable bonds is 8. The Hall–Kier alpha value is -3.64. The summed E-state index contributed by atoms with van der Waals surface area (Å²) in [6.07, 6.45) is 1.71. The second-order valence-corrected chi connectivity index (χ2v) is 7.28. The molecule has 5 nitrogen and oxygen atoms in total. The number of thiazole rings is 1. The van der Waals surface area contributed by atoms with Gasteiger partial charge in [0.2, 0.25) is 5.13 Å². The average Bonchev–Trinajstić information content (AvgIpc) is 3.28. The van der Waals surface area contributed by atoms with Crippen LogP contribution < -0.4 is 14.9 Å². The summed E-state index contributed by atoms with van der Waals surface area (Å²) < 4.78 is 11.5. The number of nitrogens with zero attached hydrogens (tertiary/aromatic N) is 2. The van der Waals surface area contributed by atoms with Gasteiger partial charge in [0.15, 0.2) is 11.5 Å². The van der Waals surface area contributed by atoms with E-state index in [-0.39, 0.29) is 0 Å². The Bertz CT molecular complexity index is 1110. The summed E-state index contributed by atoms with van der Waals surface area (Å²) in [6, 6.07) is 25.8. The topological polar surface area (TPSA) is 55.7 Å². The minimum absolute atomic E-state index is 0.447. The molecule has 0 fully saturated rings. The molecule has 150 valence electrons. The van der Waals surface area contributed by atoms with Gasteiger partial charge in [0, 0.05) is 16.5 Å². The van der Waals surface area contributed by atoms with Gasteiger partial charge in [-0.2, -0.15) is 5.10 Å². The number of hydrogen-bond donors (Lipinski definition) is 1. The minimum Gasteiger partial charge on any atom is -0.493 e. The van der Waals surface area contributed by atoms with Crippen LogP contribution in [0.5, 0.6) is 11.5 Å². The zero-order chi connectivity index (χ0) is 20.6. The molecule has 0 aliphatic rings. The smallest absolute Gasteiger partial charge is 0.203 e. The Morgan fingerprint density at radius 2 is 1.73 bits per heavy atom. The number of anilines is 1. The summed E-state index contributed by atoms with van der Waals surface area (Å²) in [4.78, 5) is 4.58. The molecule has 3 aromatic carbocycles. The summed E-state index contributed by atoms with van der Waals surface area (Å²) in [6.45, 7) is 0.447. The molecule has 30 heavy (non-hydrogen) atoms. The standard InChI is InChI=1S/C24H21N3O2S/c1-28-22-14-8-13-20(23(22)29-16-18-9-4-2-5-10-18)15-25-27-24-26-21(17-30-24)19-11-6-3-7-12-19/h2-15,17H,16H2,1H3,(H,26,27)/b25-15-. The van der Waals surface area contributed by atoms with E-state index < -0.39 is 0 Å². The van der Waals surface area contributed by atoms with E-state index >= 15 is 0 Å². The molecule has 0 aliphatic heterocycles. The Labute approximate surface area is 179 Å². The van der Waals surface area contributed by atoms with Gasteiger partial charge in [-0.15, -0.1) is 11.3 Å². The molecule has 1 aromatic heterocycles. The largest absolute Gasteiger partial charge is 0.493 e. The maximum absolute atomic E-state index is 6.05. The number of benzene rings is 3. The first-order valence-corrected chi connectivity index (χ1v) is 10.3. The molecule has 0 unspecified atom stereocenters. The highest BCUT2D eigenvalue weighted by molar-refractivity contribution is 7.14. The molecule has 6 heteroatoms. The van der Waals surface area contributed by atoms with Crippen LogP contribution in [-0.4, -0.2) is 18.3 Å².